The molecule has 1 atom stereocenters. The van der Waals surface area contributed by atoms with Crippen molar-refractivity contribution in [2.75, 3.05) is 31.7 Å². The minimum Gasteiger partial charge on any atom is -0.383 e. The standard InChI is InChI=1S/C22H30N4O2S/c1-16-13-20(26-11-5-4-7-17(26)2)25-22(24-16)29-15-18-8-6-9-19(14-18)21(27)23-10-12-28-3/h6,8-9,13-14,17H,4-5,7,10-12,15H2,1-3H3,(H,23,27)/t17-/m1/s1. The smallest absolute Gasteiger partial charge is 0.251 e. The zero-order chi connectivity index (χ0) is 20.6. The molecule has 7 heteroatoms. The fraction of sp³-hybridized carbons (Fsp3) is 0.500. The quantitative estimate of drug-likeness (QED) is 0.402. The summed E-state index contributed by atoms with van der Waals surface area (Å²) in [4.78, 5) is 24.1. The van der Waals surface area contributed by atoms with E-state index in [1.54, 1.807) is 18.9 Å². The van der Waals surface area contributed by atoms with Crippen LogP contribution in [0.3, 0.4) is 0 Å². The zero-order valence-corrected chi connectivity index (χ0v) is 18.3. The Labute approximate surface area is 177 Å². The van der Waals surface area contributed by atoms with Crippen molar-refractivity contribution in [1.29, 1.82) is 0 Å². The predicted molar refractivity (Wildman–Crippen MR) is 118 cm³/mol. The number of carbonyl (C=O) groups excluding carboxylic acids is 1. The van der Waals surface area contributed by atoms with Gasteiger partial charge in [0.25, 0.3) is 5.91 Å². The van der Waals surface area contributed by atoms with E-state index in [-0.39, 0.29) is 5.91 Å². The van der Waals surface area contributed by atoms with E-state index in [4.69, 9.17) is 9.72 Å². The topological polar surface area (TPSA) is 67.3 Å². The molecular weight excluding hydrogens is 384 g/mol. The van der Waals surface area contributed by atoms with Crippen LogP contribution in [0, 0.1) is 6.92 Å². The van der Waals surface area contributed by atoms with Crippen molar-refractivity contribution in [3.63, 3.8) is 0 Å². The van der Waals surface area contributed by atoms with E-state index in [0.29, 0.717) is 24.8 Å². The monoisotopic (exact) mass is 414 g/mol. The summed E-state index contributed by atoms with van der Waals surface area (Å²) in [7, 11) is 1.62. The summed E-state index contributed by atoms with van der Waals surface area (Å²) in [6, 6.07) is 10.3. The fourth-order valence-electron chi connectivity index (χ4n) is 3.49. The first-order valence-corrected chi connectivity index (χ1v) is 11.2. The number of rotatable bonds is 8. The first kappa shape index (κ1) is 21.6. The number of hydrogen-bond acceptors (Lipinski definition) is 6. The molecule has 0 unspecified atom stereocenters. The van der Waals surface area contributed by atoms with Crippen molar-refractivity contribution in [1.82, 2.24) is 15.3 Å². The van der Waals surface area contributed by atoms with E-state index in [9.17, 15) is 4.79 Å². The molecule has 1 aliphatic heterocycles. The van der Waals surface area contributed by atoms with Crippen molar-refractivity contribution in [3.8, 4) is 0 Å². The number of hydrogen-bond donors (Lipinski definition) is 1. The van der Waals surface area contributed by atoms with Gasteiger partial charge in [0.05, 0.1) is 6.61 Å². The minimum atomic E-state index is -0.0814. The third-order valence-corrected chi connectivity index (χ3v) is 5.98. The number of aryl methyl sites for hydroxylation is 1. The highest BCUT2D eigenvalue weighted by molar-refractivity contribution is 7.98. The van der Waals surface area contributed by atoms with Crippen LogP contribution in [-0.4, -0.2) is 48.7 Å². The number of anilines is 1. The Morgan fingerprint density at radius 1 is 1.31 bits per heavy atom. The highest BCUT2D eigenvalue weighted by atomic mass is 32.2. The Balaban J connectivity index is 1.65. The maximum Gasteiger partial charge on any atom is 0.251 e. The van der Waals surface area contributed by atoms with Crippen LogP contribution < -0.4 is 10.2 Å². The SMILES string of the molecule is COCCNC(=O)c1cccc(CSc2nc(C)cc(N3CCCC[C@H]3C)n2)c1. The minimum absolute atomic E-state index is 0.0814. The van der Waals surface area contributed by atoms with Gasteiger partial charge in [0.2, 0.25) is 0 Å². The molecule has 0 spiro atoms. The van der Waals surface area contributed by atoms with Gasteiger partial charge < -0.3 is 15.0 Å². The van der Waals surface area contributed by atoms with Gasteiger partial charge in [-0.2, -0.15) is 0 Å². The second-order valence-corrected chi connectivity index (χ2v) is 8.37. The van der Waals surface area contributed by atoms with Crippen LogP contribution in [0.4, 0.5) is 5.82 Å². The molecule has 0 bridgehead atoms. The molecule has 6 nitrogen and oxygen atoms in total. The molecule has 0 saturated carbocycles. The van der Waals surface area contributed by atoms with Crippen molar-refractivity contribution >= 4 is 23.5 Å². The Kier molecular flexibility index (Phi) is 7.89. The predicted octanol–water partition coefficient (Wildman–Crippen LogP) is 3.83. The third kappa shape index (κ3) is 6.18. The number of nitrogens with one attached hydrogen (secondary N) is 1. The largest absolute Gasteiger partial charge is 0.383 e. The number of amides is 1. The molecular formula is C22H30N4O2S. The van der Waals surface area contributed by atoms with E-state index < -0.39 is 0 Å². The lowest BCUT2D eigenvalue weighted by Crippen LogP contribution is -2.38. The lowest BCUT2D eigenvalue weighted by Gasteiger charge is -2.34. The second-order valence-electron chi connectivity index (χ2n) is 7.43. The summed E-state index contributed by atoms with van der Waals surface area (Å²) in [5, 5.41) is 3.64. The van der Waals surface area contributed by atoms with Gasteiger partial charge in [0, 0.05) is 49.3 Å². The first-order valence-electron chi connectivity index (χ1n) is 10.2. The molecule has 1 saturated heterocycles. The highest BCUT2D eigenvalue weighted by Gasteiger charge is 2.20. The number of thioether (sulfide) groups is 1. The highest BCUT2D eigenvalue weighted by Crippen LogP contribution is 2.27. The molecule has 0 aliphatic carbocycles. The molecule has 0 radical (unpaired) electrons. The van der Waals surface area contributed by atoms with Crippen LogP contribution in [0.15, 0.2) is 35.5 Å². The number of nitrogens with zero attached hydrogens (tertiary/aromatic N) is 3. The summed E-state index contributed by atoms with van der Waals surface area (Å²) in [6.45, 7) is 6.36. The molecule has 1 aromatic carbocycles. The van der Waals surface area contributed by atoms with Gasteiger partial charge in [-0.15, -0.1) is 0 Å². The molecule has 1 aliphatic rings. The number of benzene rings is 1. The lowest BCUT2D eigenvalue weighted by molar-refractivity contribution is 0.0937. The molecule has 1 N–H and O–H groups in total. The number of carbonyl (C=O) groups is 1. The van der Waals surface area contributed by atoms with Crippen LogP contribution in [0.1, 0.15) is 47.8 Å². The Bertz CT molecular complexity index is 830. The van der Waals surface area contributed by atoms with E-state index in [1.165, 1.54) is 19.3 Å². The zero-order valence-electron chi connectivity index (χ0n) is 17.5. The van der Waals surface area contributed by atoms with Gasteiger partial charge in [0.15, 0.2) is 5.16 Å². The molecule has 1 amide bonds. The van der Waals surface area contributed by atoms with Gasteiger partial charge in [-0.3, -0.25) is 4.79 Å². The fourth-order valence-corrected chi connectivity index (χ4v) is 4.34. The maximum absolute atomic E-state index is 12.2. The first-order chi connectivity index (χ1) is 14.1. The second kappa shape index (κ2) is 10.6. The lowest BCUT2D eigenvalue weighted by atomic mass is 10.0. The van der Waals surface area contributed by atoms with Gasteiger partial charge >= 0.3 is 0 Å². The molecule has 3 rings (SSSR count). The third-order valence-electron chi connectivity index (χ3n) is 5.07. The summed E-state index contributed by atoms with van der Waals surface area (Å²) in [5.74, 6) is 1.66. The van der Waals surface area contributed by atoms with E-state index in [0.717, 1.165) is 34.5 Å². The molecule has 1 fully saturated rings. The van der Waals surface area contributed by atoms with E-state index in [2.05, 4.69) is 28.2 Å². The summed E-state index contributed by atoms with van der Waals surface area (Å²) in [5.41, 5.74) is 2.72. The average molecular weight is 415 g/mol. The van der Waals surface area contributed by atoms with E-state index >= 15 is 0 Å². The Morgan fingerprint density at radius 2 is 2.17 bits per heavy atom. The van der Waals surface area contributed by atoms with Gasteiger partial charge in [-0.1, -0.05) is 23.9 Å². The van der Waals surface area contributed by atoms with Crippen molar-refractivity contribution in [2.24, 2.45) is 0 Å². The average Bonchev–Trinajstić information content (AvgIpc) is 2.72. The van der Waals surface area contributed by atoms with Crippen molar-refractivity contribution < 1.29 is 9.53 Å². The van der Waals surface area contributed by atoms with Crippen LogP contribution in [0.25, 0.3) is 0 Å². The molecule has 2 aromatic rings. The number of ether oxygens (including phenoxy) is 1. The van der Waals surface area contributed by atoms with Crippen LogP contribution in [-0.2, 0) is 10.5 Å². The Morgan fingerprint density at radius 3 is 2.97 bits per heavy atom. The number of aromatic nitrogens is 2. The van der Waals surface area contributed by atoms with Crippen molar-refractivity contribution in [3.05, 3.63) is 47.2 Å². The molecule has 1 aromatic heterocycles. The normalized spacial score (nSPS) is 16.7. The van der Waals surface area contributed by atoms with Gasteiger partial charge in [0.1, 0.15) is 5.82 Å². The molecule has 29 heavy (non-hydrogen) atoms. The van der Waals surface area contributed by atoms with Crippen LogP contribution in [0.2, 0.25) is 0 Å². The summed E-state index contributed by atoms with van der Waals surface area (Å²) < 4.78 is 4.97. The Hall–Kier alpha value is -2.12. The van der Waals surface area contributed by atoms with Gasteiger partial charge in [-0.05, 0) is 50.8 Å². The molecule has 2 heterocycles. The number of methoxy groups -OCH3 is 1. The van der Waals surface area contributed by atoms with Gasteiger partial charge in [-0.25, -0.2) is 9.97 Å². The molecule has 156 valence electrons. The van der Waals surface area contributed by atoms with Crippen LogP contribution in [0.5, 0.6) is 0 Å². The number of piperidine rings is 1. The summed E-state index contributed by atoms with van der Waals surface area (Å²) >= 11 is 1.61. The maximum atomic E-state index is 12.2. The van der Waals surface area contributed by atoms with E-state index in [1.807, 2.05) is 31.2 Å². The van der Waals surface area contributed by atoms with Crippen LogP contribution >= 0.6 is 11.8 Å². The van der Waals surface area contributed by atoms with Crippen molar-refractivity contribution in [2.45, 2.75) is 50.1 Å². The summed E-state index contributed by atoms with van der Waals surface area (Å²) in [6.07, 6.45) is 3.72.